The summed E-state index contributed by atoms with van der Waals surface area (Å²) in [6.07, 6.45) is 0. The first-order valence-corrected chi connectivity index (χ1v) is 11.2. The minimum absolute atomic E-state index is 0.102. The molecule has 4 rings (SSSR count). The standard InChI is InChI=1S/C27H24F2N2O5/c1-3-34-26(32)24-22(16-35-23-13-12-18(28)15-21(23)29)31(2)27(33)30-25(24)17-8-7-11-20(14-17)36-19-9-5-4-6-10-19/h4-15,25H,3,16H2,1-2H3,(H,30,33). The highest BCUT2D eigenvalue weighted by Crippen LogP contribution is 2.34. The van der Waals surface area contributed by atoms with Gasteiger partial charge in [0.05, 0.1) is 23.9 Å². The van der Waals surface area contributed by atoms with E-state index in [-0.39, 0.29) is 30.2 Å². The lowest BCUT2D eigenvalue weighted by atomic mass is 9.94. The van der Waals surface area contributed by atoms with Crippen LogP contribution in [-0.4, -0.2) is 37.2 Å². The van der Waals surface area contributed by atoms with Crippen LogP contribution in [0.25, 0.3) is 0 Å². The van der Waals surface area contributed by atoms with Gasteiger partial charge < -0.3 is 19.5 Å². The fraction of sp³-hybridized carbons (Fsp3) is 0.185. The predicted molar refractivity (Wildman–Crippen MR) is 128 cm³/mol. The number of urea groups is 1. The molecular weight excluding hydrogens is 470 g/mol. The summed E-state index contributed by atoms with van der Waals surface area (Å²) < 4.78 is 44.1. The fourth-order valence-corrected chi connectivity index (χ4v) is 3.75. The Morgan fingerprint density at radius 1 is 1.00 bits per heavy atom. The number of hydrogen-bond donors (Lipinski definition) is 1. The predicted octanol–water partition coefficient (Wildman–Crippen LogP) is 5.35. The number of hydrogen-bond acceptors (Lipinski definition) is 5. The maximum Gasteiger partial charge on any atom is 0.338 e. The second-order valence-electron chi connectivity index (χ2n) is 7.87. The van der Waals surface area contributed by atoms with E-state index >= 15 is 0 Å². The number of amides is 2. The van der Waals surface area contributed by atoms with Crippen LogP contribution in [0.2, 0.25) is 0 Å². The van der Waals surface area contributed by atoms with Gasteiger partial charge in [0.15, 0.2) is 11.6 Å². The number of carbonyl (C=O) groups is 2. The van der Waals surface area contributed by atoms with Gasteiger partial charge in [-0.25, -0.2) is 18.4 Å². The summed E-state index contributed by atoms with van der Waals surface area (Å²) >= 11 is 0. The highest BCUT2D eigenvalue weighted by Gasteiger charge is 2.37. The number of likely N-dealkylation sites (N-methyl/N-ethyl adjacent to an activating group) is 1. The first-order valence-electron chi connectivity index (χ1n) is 11.2. The van der Waals surface area contributed by atoms with E-state index in [0.29, 0.717) is 23.1 Å². The normalized spacial score (nSPS) is 15.4. The molecule has 36 heavy (non-hydrogen) atoms. The number of carbonyl (C=O) groups excluding carboxylic acids is 2. The molecular formula is C27H24F2N2O5. The molecule has 0 aromatic heterocycles. The molecule has 1 aliphatic rings. The minimum Gasteiger partial charge on any atom is -0.484 e. The van der Waals surface area contributed by atoms with Crippen LogP contribution in [0.1, 0.15) is 18.5 Å². The Hall–Kier alpha value is -4.40. The lowest BCUT2D eigenvalue weighted by molar-refractivity contribution is -0.139. The van der Waals surface area contributed by atoms with Crippen LogP contribution in [0.5, 0.6) is 17.2 Å². The number of ether oxygens (including phenoxy) is 3. The number of esters is 1. The molecule has 3 aromatic rings. The Bertz CT molecular complexity index is 1300. The minimum atomic E-state index is -0.904. The summed E-state index contributed by atoms with van der Waals surface area (Å²) in [6, 6.07) is 17.6. The SMILES string of the molecule is CCOC(=O)C1=C(COc2ccc(F)cc2F)N(C)C(=O)NC1c1cccc(Oc2ccccc2)c1. The first-order chi connectivity index (χ1) is 17.4. The number of rotatable bonds is 8. The average Bonchev–Trinajstić information content (AvgIpc) is 2.86. The van der Waals surface area contributed by atoms with Gasteiger partial charge in [0, 0.05) is 13.1 Å². The number of halogens is 2. The van der Waals surface area contributed by atoms with Crippen LogP contribution in [0.3, 0.4) is 0 Å². The third-order valence-corrected chi connectivity index (χ3v) is 5.50. The second-order valence-corrected chi connectivity index (χ2v) is 7.87. The molecule has 0 aliphatic carbocycles. The Labute approximate surface area is 206 Å². The van der Waals surface area contributed by atoms with Gasteiger partial charge in [0.25, 0.3) is 0 Å². The van der Waals surface area contributed by atoms with Crippen molar-refractivity contribution < 1.29 is 32.6 Å². The van der Waals surface area contributed by atoms with E-state index in [4.69, 9.17) is 14.2 Å². The quantitative estimate of drug-likeness (QED) is 0.427. The highest BCUT2D eigenvalue weighted by molar-refractivity contribution is 5.95. The van der Waals surface area contributed by atoms with Crippen molar-refractivity contribution in [3.63, 3.8) is 0 Å². The maximum absolute atomic E-state index is 14.1. The maximum atomic E-state index is 14.1. The molecule has 0 fully saturated rings. The largest absolute Gasteiger partial charge is 0.484 e. The number of para-hydroxylation sites is 1. The van der Waals surface area contributed by atoms with Crippen LogP contribution in [0, 0.1) is 11.6 Å². The van der Waals surface area contributed by atoms with Gasteiger partial charge in [-0.05, 0) is 48.9 Å². The third kappa shape index (κ3) is 5.46. The summed E-state index contributed by atoms with van der Waals surface area (Å²) in [5, 5.41) is 2.80. The molecule has 2 amide bonds. The van der Waals surface area contributed by atoms with E-state index in [9.17, 15) is 18.4 Å². The zero-order valence-electron chi connectivity index (χ0n) is 19.7. The van der Waals surface area contributed by atoms with Gasteiger partial charge in [0.1, 0.15) is 23.9 Å². The summed E-state index contributed by atoms with van der Waals surface area (Å²) in [7, 11) is 1.46. The van der Waals surface area contributed by atoms with Gasteiger partial charge in [-0.1, -0.05) is 30.3 Å². The van der Waals surface area contributed by atoms with Gasteiger partial charge >= 0.3 is 12.0 Å². The molecule has 0 spiro atoms. The lowest BCUT2D eigenvalue weighted by Gasteiger charge is -2.34. The molecule has 0 saturated carbocycles. The Kier molecular flexibility index (Phi) is 7.48. The molecule has 0 radical (unpaired) electrons. The highest BCUT2D eigenvalue weighted by atomic mass is 19.1. The molecule has 1 atom stereocenters. The van der Waals surface area contributed by atoms with E-state index in [2.05, 4.69) is 5.32 Å². The summed E-state index contributed by atoms with van der Waals surface area (Å²) in [5.74, 6) is -1.42. The van der Waals surface area contributed by atoms with Crippen molar-refractivity contribution >= 4 is 12.0 Å². The van der Waals surface area contributed by atoms with Crippen LogP contribution < -0.4 is 14.8 Å². The Morgan fingerprint density at radius 3 is 2.47 bits per heavy atom. The summed E-state index contributed by atoms with van der Waals surface area (Å²) in [5.41, 5.74) is 0.872. The molecule has 0 bridgehead atoms. The third-order valence-electron chi connectivity index (χ3n) is 5.50. The molecule has 0 saturated heterocycles. The van der Waals surface area contributed by atoms with Crippen molar-refractivity contribution in [3.8, 4) is 17.2 Å². The zero-order chi connectivity index (χ0) is 25.7. The molecule has 1 aliphatic heterocycles. The van der Waals surface area contributed by atoms with Crippen molar-refractivity contribution in [2.45, 2.75) is 13.0 Å². The summed E-state index contributed by atoms with van der Waals surface area (Å²) in [6.45, 7) is 1.43. The zero-order valence-corrected chi connectivity index (χ0v) is 19.7. The van der Waals surface area contributed by atoms with Crippen molar-refractivity contribution in [3.05, 3.63) is 101 Å². The van der Waals surface area contributed by atoms with Gasteiger partial charge in [-0.3, -0.25) is 4.90 Å². The van der Waals surface area contributed by atoms with Gasteiger partial charge in [-0.15, -0.1) is 0 Å². The smallest absolute Gasteiger partial charge is 0.338 e. The number of nitrogens with one attached hydrogen (secondary N) is 1. The molecule has 1 heterocycles. The van der Waals surface area contributed by atoms with Crippen molar-refractivity contribution in [1.82, 2.24) is 10.2 Å². The fourth-order valence-electron chi connectivity index (χ4n) is 3.75. The molecule has 186 valence electrons. The van der Waals surface area contributed by atoms with E-state index in [0.717, 1.165) is 12.1 Å². The lowest BCUT2D eigenvalue weighted by Crippen LogP contribution is -2.48. The van der Waals surface area contributed by atoms with Crippen LogP contribution in [0.15, 0.2) is 84.1 Å². The van der Waals surface area contributed by atoms with Crippen molar-refractivity contribution in [2.75, 3.05) is 20.3 Å². The molecule has 7 nitrogen and oxygen atoms in total. The van der Waals surface area contributed by atoms with E-state index in [1.165, 1.54) is 11.9 Å². The molecule has 1 unspecified atom stereocenters. The number of nitrogens with zero attached hydrogens (tertiary/aromatic N) is 1. The van der Waals surface area contributed by atoms with E-state index in [1.54, 1.807) is 43.3 Å². The Balaban J connectivity index is 1.71. The van der Waals surface area contributed by atoms with Crippen LogP contribution >= 0.6 is 0 Å². The monoisotopic (exact) mass is 494 g/mol. The van der Waals surface area contributed by atoms with Crippen LogP contribution in [-0.2, 0) is 9.53 Å². The van der Waals surface area contributed by atoms with Crippen molar-refractivity contribution in [1.29, 1.82) is 0 Å². The molecule has 1 N–H and O–H groups in total. The first kappa shape index (κ1) is 24.7. The topological polar surface area (TPSA) is 77.1 Å². The second kappa shape index (κ2) is 10.9. The van der Waals surface area contributed by atoms with Gasteiger partial charge in [-0.2, -0.15) is 0 Å². The van der Waals surface area contributed by atoms with E-state index in [1.807, 2.05) is 18.2 Å². The van der Waals surface area contributed by atoms with Crippen LogP contribution in [0.4, 0.5) is 13.6 Å². The molecule has 9 heteroatoms. The average molecular weight is 494 g/mol. The van der Waals surface area contributed by atoms with Gasteiger partial charge in [0.2, 0.25) is 0 Å². The van der Waals surface area contributed by atoms with Crippen molar-refractivity contribution in [2.24, 2.45) is 0 Å². The van der Waals surface area contributed by atoms with E-state index < -0.39 is 29.7 Å². The molecule has 3 aromatic carbocycles. The Morgan fingerprint density at radius 2 is 1.75 bits per heavy atom. The summed E-state index contributed by atoms with van der Waals surface area (Å²) in [4.78, 5) is 27.1. The number of benzene rings is 3.